The second kappa shape index (κ2) is 15.2. The molecule has 172 valence electrons. The summed E-state index contributed by atoms with van der Waals surface area (Å²) in [5.74, 6) is 2.03. The standard InChI is InChI=1S/C23H40N2O5/c1-6-10-14-28-17-19-21(29-15-11-7-2)22(30-16-12-8-3)20(24-18(5)26)23(27)25(19)13-9-4/h4,19-22H,6-8,10-17H2,1-3,5H3,(H,24,26)/t19?,20?,21-,22?/m1/s1. The molecule has 1 aliphatic heterocycles. The molecule has 0 bridgehead atoms. The number of ether oxygens (including phenoxy) is 3. The number of nitrogens with zero attached hydrogens (tertiary/aromatic N) is 1. The quantitative estimate of drug-likeness (QED) is 0.323. The summed E-state index contributed by atoms with van der Waals surface area (Å²) < 4.78 is 18.3. The van der Waals surface area contributed by atoms with Gasteiger partial charge in [0.2, 0.25) is 11.8 Å². The van der Waals surface area contributed by atoms with Crippen molar-refractivity contribution in [2.24, 2.45) is 0 Å². The molecule has 30 heavy (non-hydrogen) atoms. The van der Waals surface area contributed by atoms with Crippen molar-refractivity contribution in [3.63, 3.8) is 0 Å². The van der Waals surface area contributed by atoms with Gasteiger partial charge in [-0.3, -0.25) is 9.59 Å². The molecule has 1 aliphatic rings. The lowest BCUT2D eigenvalue weighted by atomic mass is 9.90. The third-order valence-corrected chi connectivity index (χ3v) is 5.15. The minimum absolute atomic E-state index is 0.131. The van der Waals surface area contributed by atoms with E-state index in [-0.39, 0.29) is 24.4 Å². The summed E-state index contributed by atoms with van der Waals surface area (Å²) in [6.45, 7) is 9.79. The maximum atomic E-state index is 13.3. The SMILES string of the molecule is C#CCN1C(=O)C(NC(C)=O)C(OCCCC)[C@H](OCCCC)C1COCCCC. The topological polar surface area (TPSA) is 77.1 Å². The molecule has 0 radical (unpaired) electrons. The van der Waals surface area contributed by atoms with Gasteiger partial charge in [-0.2, -0.15) is 0 Å². The zero-order chi connectivity index (χ0) is 22.4. The van der Waals surface area contributed by atoms with E-state index in [0.29, 0.717) is 26.4 Å². The van der Waals surface area contributed by atoms with Crippen LogP contribution in [0, 0.1) is 12.3 Å². The molecule has 2 amide bonds. The average molecular weight is 425 g/mol. The van der Waals surface area contributed by atoms with Gasteiger partial charge in [0.05, 0.1) is 19.2 Å². The molecule has 1 fully saturated rings. The van der Waals surface area contributed by atoms with E-state index in [4.69, 9.17) is 20.6 Å². The van der Waals surface area contributed by atoms with Crippen LogP contribution in [0.1, 0.15) is 66.2 Å². The van der Waals surface area contributed by atoms with Crippen LogP contribution in [0.3, 0.4) is 0 Å². The van der Waals surface area contributed by atoms with Crippen molar-refractivity contribution in [1.29, 1.82) is 0 Å². The number of nitrogens with one attached hydrogen (secondary N) is 1. The van der Waals surface area contributed by atoms with Gasteiger partial charge >= 0.3 is 0 Å². The van der Waals surface area contributed by atoms with Gasteiger partial charge in [0.1, 0.15) is 18.2 Å². The summed E-state index contributed by atoms with van der Waals surface area (Å²) in [5, 5.41) is 2.77. The Morgan fingerprint density at radius 1 is 1.03 bits per heavy atom. The van der Waals surface area contributed by atoms with Gasteiger partial charge in [-0.05, 0) is 19.3 Å². The van der Waals surface area contributed by atoms with Crippen molar-refractivity contribution in [3.05, 3.63) is 0 Å². The van der Waals surface area contributed by atoms with Gasteiger partial charge in [0.25, 0.3) is 0 Å². The van der Waals surface area contributed by atoms with Gasteiger partial charge in [0, 0.05) is 26.7 Å². The summed E-state index contributed by atoms with van der Waals surface area (Å²) >= 11 is 0. The fourth-order valence-electron chi connectivity index (χ4n) is 3.48. The van der Waals surface area contributed by atoms with Crippen molar-refractivity contribution >= 4 is 11.8 Å². The highest BCUT2D eigenvalue weighted by atomic mass is 16.5. The van der Waals surface area contributed by atoms with Crippen molar-refractivity contribution in [3.8, 4) is 12.3 Å². The number of likely N-dealkylation sites (tertiary alicyclic amines) is 1. The highest BCUT2D eigenvalue weighted by molar-refractivity contribution is 5.89. The number of carbonyl (C=O) groups is 2. The van der Waals surface area contributed by atoms with Gasteiger partial charge in [-0.25, -0.2) is 0 Å². The van der Waals surface area contributed by atoms with E-state index in [9.17, 15) is 9.59 Å². The first-order valence-electron chi connectivity index (χ1n) is 11.3. The monoisotopic (exact) mass is 424 g/mol. The van der Waals surface area contributed by atoms with E-state index in [1.807, 2.05) is 0 Å². The van der Waals surface area contributed by atoms with Crippen LogP contribution in [0.4, 0.5) is 0 Å². The van der Waals surface area contributed by atoms with Gasteiger partial charge in [-0.1, -0.05) is 46.0 Å². The first kappa shape index (κ1) is 26.4. The van der Waals surface area contributed by atoms with E-state index in [2.05, 4.69) is 32.0 Å². The van der Waals surface area contributed by atoms with Crippen LogP contribution < -0.4 is 5.32 Å². The van der Waals surface area contributed by atoms with Crippen LogP contribution in [0.2, 0.25) is 0 Å². The van der Waals surface area contributed by atoms with Crippen molar-refractivity contribution < 1.29 is 23.8 Å². The summed E-state index contributed by atoms with van der Waals surface area (Å²) in [4.78, 5) is 26.7. The maximum absolute atomic E-state index is 13.3. The maximum Gasteiger partial charge on any atom is 0.249 e. The van der Waals surface area contributed by atoms with Gasteiger partial charge < -0.3 is 24.4 Å². The minimum atomic E-state index is -0.828. The Bertz CT molecular complexity index is 548. The Morgan fingerprint density at radius 3 is 2.13 bits per heavy atom. The largest absolute Gasteiger partial charge is 0.379 e. The fourth-order valence-corrected chi connectivity index (χ4v) is 3.48. The number of rotatable bonds is 15. The highest BCUT2D eigenvalue weighted by Crippen LogP contribution is 2.26. The molecule has 0 aliphatic carbocycles. The number of terminal acetylenes is 1. The lowest BCUT2D eigenvalue weighted by Gasteiger charge is -2.47. The molecule has 3 unspecified atom stereocenters. The van der Waals surface area contributed by atoms with Gasteiger partial charge in [-0.15, -0.1) is 6.42 Å². The molecule has 0 spiro atoms. The number of hydrogen-bond acceptors (Lipinski definition) is 5. The average Bonchev–Trinajstić information content (AvgIpc) is 2.71. The molecule has 0 aromatic carbocycles. The Kier molecular flexibility index (Phi) is 13.4. The third kappa shape index (κ3) is 8.25. The van der Waals surface area contributed by atoms with E-state index in [1.54, 1.807) is 4.90 Å². The number of amides is 2. The van der Waals surface area contributed by atoms with Crippen LogP contribution >= 0.6 is 0 Å². The summed E-state index contributed by atoms with van der Waals surface area (Å²) in [6.07, 6.45) is 10.3. The molecule has 0 aromatic rings. The first-order valence-corrected chi connectivity index (χ1v) is 11.3. The Morgan fingerprint density at radius 2 is 1.60 bits per heavy atom. The number of hydrogen-bond donors (Lipinski definition) is 1. The Balaban J connectivity index is 3.19. The molecule has 1 N–H and O–H groups in total. The second-order valence-corrected chi connectivity index (χ2v) is 7.72. The van der Waals surface area contributed by atoms with E-state index >= 15 is 0 Å². The Hall–Kier alpha value is -1.62. The minimum Gasteiger partial charge on any atom is -0.379 e. The molecular weight excluding hydrogens is 384 g/mol. The first-order chi connectivity index (χ1) is 14.5. The summed E-state index contributed by atoms with van der Waals surface area (Å²) in [5.41, 5.74) is 0. The van der Waals surface area contributed by atoms with E-state index in [1.165, 1.54) is 6.92 Å². The van der Waals surface area contributed by atoms with Crippen molar-refractivity contribution in [1.82, 2.24) is 10.2 Å². The molecule has 7 heteroatoms. The fraction of sp³-hybridized carbons (Fsp3) is 0.826. The van der Waals surface area contributed by atoms with Gasteiger partial charge in [0.15, 0.2) is 0 Å². The predicted octanol–water partition coefficient (Wildman–Crippen LogP) is 2.52. The third-order valence-electron chi connectivity index (χ3n) is 5.15. The number of carbonyl (C=O) groups excluding carboxylic acids is 2. The molecule has 4 atom stereocenters. The van der Waals surface area contributed by atoms with Crippen LogP contribution in [0.5, 0.6) is 0 Å². The molecule has 1 saturated heterocycles. The van der Waals surface area contributed by atoms with E-state index < -0.39 is 18.2 Å². The molecule has 7 nitrogen and oxygen atoms in total. The normalized spacial score (nSPS) is 24.0. The summed E-state index contributed by atoms with van der Waals surface area (Å²) in [6, 6.07) is -1.19. The van der Waals surface area contributed by atoms with Crippen molar-refractivity contribution in [2.75, 3.05) is 33.0 Å². The zero-order valence-electron chi connectivity index (χ0n) is 19.2. The smallest absolute Gasteiger partial charge is 0.249 e. The molecule has 0 aromatic heterocycles. The van der Waals surface area contributed by atoms with E-state index in [0.717, 1.165) is 38.5 Å². The van der Waals surface area contributed by atoms with Crippen LogP contribution in [-0.2, 0) is 23.8 Å². The van der Waals surface area contributed by atoms with Crippen LogP contribution in [0.25, 0.3) is 0 Å². The highest BCUT2D eigenvalue weighted by Gasteiger charge is 2.50. The molecular formula is C23H40N2O5. The van der Waals surface area contributed by atoms with Crippen molar-refractivity contribution in [2.45, 2.75) is 90.5 Å². The lowest BCUT2D eigenvalue weighted by molar-refractivity contribution is -0.180. The van der Waals surface area contributed by atoms with Crippen LogP contribution in [-0.4, -0.2) is 74.0 Å². The summed E-state index contributed by atoms with van der Waals surface area (Å²) in [7, 11) is 0. The molecule has 1 rings (SSSR count). The lowest BCUT2D eigenvalue weighted by Crippen LogP contribution is -2.70. The molecule has 1 heterocycles. The predicted molar refractivity (Wildman–Crippen MR) is 117 cm³/mol. The molecule has 0 saturated carbocycles. The second-order valence-electron chi connectivity index (χ2n) is 7.72. The number of unbranched alkanes of at least 4 members (excludes halogenated alkanes) is 3. The zero-order valence-corrected chi connectivity index (χ0v) is 19.2. The Labute approximate surface area is 182 Å². The number of piperidine rings is 1. The van der Waals surface area contributed by atoms with Crippen LogP contribution in [0.15, 0.2) is 0 Å².